The Morgan fingerprint density at radius 2 is 2.24 bits per heavy atom. The van der Waals surface area contributed by atoms with Gasteiger partial charge in [0.15, 0.2) is 0 Å². The molecule has 1 aromatic heterocycles. The van der Waals surface area contributed by atoms with Crippen molar-refractivity contribution in [2.45, 2.75) is 24.3 Å². The summed E-state index contributed by atoms with van der Waals surface area (Å²) in [5.74, 6) is 0.285. The first kappa shape index (κ1) is 13.9. The molecule has 0 spiro atoms. The number of pyridine rings is 1. The monoisotopic (exact) mass is 259 g/mol. The van der Waals surface area contributed by atoms with Crippen LogP contribution in [0.5, 0.6) is 0 Å². The van der Waals surface area contributed by atoms with Crippen molar-refractivity contribution in [3.05, 3.63) is 18.3 Å². The number of sulfonamides is 1. The van der Waals surface area contributed by atoms with Gasteiger partial charge in [-0.3, -0.25) is 0 Å². The van der Waals surface area contributed by atoms with E-state index in [2.05, 4.69) is 9.71 Å². The fourth-order valence-corrected chi connectivity index (χ4v) is 2.52. The molecule has 3 N–H and O–H groups in total. The largest absolute Gasteiger partial charge is 0.384 e. The number of nitrogens with one attached hydrogen (secondary N) is 1. The summed E-state index contributed by atoms with van der Waals surface area (Å²) in [5.41, 5.74) is 5.40. The normalized spacial score (nSPS) is 13.5. The van der Waals surface area contributed by atoms with Gasteiger partial charge >= 0.3 is 0 Å². The van der Waals surface area contributed by atoms with Crippen molar-refractivity contribution in [3.63, 3.8) is 0 Å². The zero-order chi connectivity index (χ0) is 12.9. The van der Waals surface area contributed by atoms with Crippen molar-refractivity contribution in [3.8, 4) is 0 Å². The number of aromatic nitrogens is 1. The molecule has 0 aromatic carbocycles. The van der Waals surface area contributed by atoms with Crippen molar-refractivity contribution in [2.24, 2.45) is 0 Å². The van der Waals surface area contributed by atoms with Gasteiger partial charge in [0.1, 0.15) is 10.7 Å². The van der Waals surface area contributed by atoms with E-state index in [-0.39, 0.29) is 16.8 Å². The van der Waals surface area contributed by atoms with E-state index in [9.17, 15) is 8.42 Å². The molecule has 7 heteroatoms. The average Bonchev–Trinajstić information content (AvgIpc) is 2.28. The Labute approximate surface area is 101 Å². The third kappa shape index (κ3) is 3.95. The van der Waals surface area contributed by atoms with Gasteiger partial charge in [0.25, 0.3) is 0 Å². The highest BCUT2D eigenvalue weighted by molar-refractivity contribution is 7.89. The van der Waals surface area contributed by atoms with E-state index in [1.54, 1.807) is 0 Å². The summed E-state index contributed by atoms with van der Waals surface area (Å²) in [4.78, 5) is 3.85. The predicted molar refractivity (Wildman–Crippen MR) is 64.9 cm³/mol. The number of methoxy groups -OCH3 is 1. The van der Waals surface area contributed by atoms with Crippen molar-refractivity contribution in [1.29, 1.82) is 0 Å². The summed E-state index contributed by atoms with van der Waals surface area (Å²) in [6.45, 7) is 2.21. The summed E-state index contributed by atoms with van der Waals surface area (Å²) in [5, 5.41) is 0. The lowest BCUT2D eigenvalue weighted by atomic mass is 10.3. The van der Waals surface area contributed by atoms with Gasteiger partial charge in [-0.1, -0.05) is 6.92 Å². The molecule has 0 saturated carbocycles. The van der Waals surface area contributed by atoms with Crippen LogP contribution in [0.3, 0.4) is 0 Å². The van der Waals surface area contributed by atoms with Crippen LogP contribution in [0.1, 0.15) is 13.3 Å². The fourth-order valence-electron chi connectivity index (χ4n) is 1.27. The zero-order valence-corrected chi connectivity index (χ0v) is 10.7. The number of nitrogens with two attached hydrogens (primary N) is 1. The van der Waals surface area contributed by atoms with Crippen LogP contribution >= 0.6 is 0 Å². The van der Waals surface area contributed by atoms with E-state index in [1.807, 2.05) is 6.92 Å². The molecule has 1 aromatic rings. The van der Waals surface area contributed by atoms with Crippen molar-refractivity contribution in [1.82, 2.24) is 9.71 Å². The second-order valence-electron chi connectivity index (χ2n) is 3.60. The van der Waals surface area contributed by atoms with Crippen molar-refractivity contribution < 1.29 is 13.2 Å². The molecule has 0 radical (unpaired) electrons. The number of hydrogen-bond donors (Lipinski definition) is 2. The molecule has 1 rings (SSSR count). The van der Waals surface area contributed by atoms with Crippen LogP contribution in [0.4, 0.5) is 5.82 Å². The number of nitrogens with zero attached hydrogens (tertiary/aromatic N) is 1. The van der Waals surface area contributed by atoms with Crippen molar-refractivity contribution in [2.75, 3.05) is 19.5 Å². The van der Waals surface area contributed by atoms with Gasteiger partial charge in [-0.15, -0.1) is 0 Å². The lowest BCUT2D eigenvalue weighted by molar-refractivity contribution is 0.173. The SMILES string of the molecule is CCC(COC)NS(=O)(=O)c1ccc(N)nc1. The Morgan fingerprint density at radius 1 is 1.53 bits per heavy atom. The molecule has 0 fully saturated rings. The topological polar surface area (TPSA) is 94.3 Å². The highest BCUT2D eigenvalue weighted by Crippen LogP contribution is 2.10. The molecule has 0 aliphatic carbocycles. The maximum Gasteiger partial charge on any atom is 0.242 e. The first-order valence-electron chi connectivity index (χ1n) is 5.22. The van der Waals surface area contributed by atoms with Gasteiger partial charge in [-0.05, 0) is 18.6 Å². The number of nitrogen functional groups attached to an aromatic ring is 1. The minimum absolute atomic E-state index is 0.0984. The Balaban J connectivity index is 2.84. The van der Waals surface area contributed by atoms with E-state index < -0.39 is 10.0 Å². The number of anilines is 1. The Morgan fingerprint density at radius 3 is 2.71 bits per heavy atom. The molecule has 0 amide bonds. The predicted octanol–water partition coefficient (Wildman–Crippen LogP) is 0.367. The van der Waals surface area contributed by atoms with Gasteiger partial charge in [-0.25, -0.2) is 18.1 Å². The van der Waals surface area contributed by atoms with E-state index in [1.165, 1.54) is 25.4 Å². The van der Waals surface area contributed by atoms with Gasteiger partial charge < -0.3 is 10.5 Å². The molecule has 1 unspecified atom stereocenters. The first-order chi connectivity index (χ1) is 7.99. The van der Waals surface area contributed by atoms with E-state index in [4.69, 9.17) is 10.5 Å². The molecule has 1 heterocycles. The third-order valence-electron chi connectivity index (χ3n) is 2.25. The standard InChI is InChI=1S/C10H17N3O3S/c1-3-8(7-16-2)13-17(14,15)9-4-5-10(11)12-6-9/h4-6,8,13H,3,7H2,1-2H3,(H2,11,12). The van der Waals surface area contributed by atoms with Crippen LogP contribution in [0, 0.1) is 0 Å². The molecule has 0 aliphatic heterocycles. The molecular weight excluding hydrogens is 242 g/mol. The zero-order valence-electron chi connectivity index (χ0n) is 9.88. The summed E-state index contributed by atoms with van der Waals surface area (Å²) in [7, 11) is -2.03. The second kappa shape index (κ2) is 5.95. The van der Waals surface area contributed by atoms with Crippen LogP contribution < -0.4 is 10.5 Å². The molecule has 6 nitrogen and oxygen atoms in total. The lowest BCUT2D eigenvalue weighted by Crippen LogP contribution is -2.37. The Hall–Kier alpha value is -1.18. The van der Waals surface area contributed by atoms with E-state index in [0.717, 1.165) is 0 Å². The lowest BCUT2D eigenvalue weighted by Gasteiger charge is -2.15. The Bertz CT molecular complexity index is 444. The van der Waals surface area contributed by atoms with Crippen LogP contribution in [-0.4, -0.2) is 33.2 Å². The summed E-state index contributed by atoms with van der Waals surface area (Å²) in [6.07, 6.45) is 1.88. The quantitative estimate of drug-likeness (QED) is 0.769. The third-order valence-corrected chi connectivity index (χ3v) is 3.76. The average molecular weight is 259 g/mol. The molecule has 96 valence electrons. The highest BCUT2D eigenvalue weighted by atomic mass is 32.2. The summed E-state index contributed by atoms with van der Waals surface area (Å²) < 4.78 is 31.4. The number of rotatable bonds is 6. The second-order valence-corrected chi connectivity index (χ2v) is 5.31. The number of ether oxygens (including phenoxy) is 1. The minimum atomic E-state index is -3.56. The molecule has 0 bridgehead atoms. The fraction of sp³-hybridized carbons (Fsp3) is 0.500. The maximum absolute atomic E-state index is 11.9. The summed E-state index contributed by atoms with van der Waals surface area (Å²) in [6, 6.07) is 2.62. The van der Waals surface area contributed by atoms with Crippen molar-refractivity contribution >= 4 is 15.8 Å². The molecule has 0 saturated heterocycles. The highest BCUT2D eigenvalue weighted by Gasteiger charge is 2.19. The smallest absolute Gasteiger partial charge is 0.242 e. The van der Waals surface area contributed by atoms with Crippen LogP contribution in [0.15, 0.2) is 23.2 Å². The van der Waals surface area contributed by atoms with Crippen LogP contribution in [-0.2, 0) is 14.8 Å². The molecule has 17 heavy (non-hydrogen) atoms. The van der Waals surface area contributed by atoms with Gasteiger partial charge in [0.2, 0.25) is 10.0 Å². The Kier molecular flexibility index (Phi) is 4.86. The molecule has 0 aliphatic rings. The van der Waals surface area contributed by atoms with Crippen LogP contribution in [0.25, 0.3) is 0 Å². The summed E-state index contributed by atoms with van der Waals surface area (Å²) >= 11 is 0. The van der Waals surface area contributed by atoms with Gasteiger partial charge in [-0.2, -0.15) is 0 Å². The van der Waals surface area contributed by atoms with E-state index >= 15 is 0 Å². The van der Waals surface area contributed by atoms with E-state index in [0.29, 0.717) is 13.0 Å². The van der Waals surface area contributed by atoms with Gasteiger partial charge in [0, 0.05) is 19.3 Å². The molecular formula is C10H17N3O3S. The number of hydrogen-bond acceptors (Lipinski definition) is 5. The van der Waals surface area contributed by atoms with Gasteiger partial charge in [0.05, 0.1) is 6.61 Å². The maximum atomic E-state index is 11.9. The molecule has 1 atom stereocenters. The van der Waals surface area contributed by atoms with Crippen LogP contribution in [0.2, 0.25) is 0 Å². The minimum Gasteiger partial charge on any atom is -0.384 e. The first-order valence-corrected chi connectivity index (χ1v) is 6.70.